The Hall–Kier alpha value is -1.20. The molecule has 1 aromatic rings. The second-order valence-corrected chi connectivity index (χ2v) is 5.97. The number of carbonyl (C=O) groups excluding carboxylic acids is 1. The van der Waals surface area contributed by atoms with Crippen molar-refractivity contribution >= 4 is 17.7 Å². The Balaban J connectivity index is 2.63. The van der Waals surface area contributed by atoms with Gasteiger partial charge >= 0.3 is 5.97 Å². The van der Waals surface area contributed by atoms with E-state index in [0.29, 0.717) is 13.0 Å². The average molecular weight is 311 g/mol. The maximum Gasteiger partial charge on any atom is 0.326 e. The molecular formula is C16H25NO3S. The largest absolute Gasteiger partial charge is 0.496 e. The second kappa shape index (κ2) is 8.95. The molecule has 0 heterocycles. The number of hydrogen-bond acceptors (Lipinski definition) is 5. The number of likely N-dealkylation sites (N-methyl/N-ethyl adjacent to an activating group) is 1. The third-order valence-electron chi connectivity index (χ3n) is 3.22. The quantitative estimate of drug-likeness (QED) is 0.561. The number of ether oxygens (including phenoxy) is 2. The Morgan fingerprint density at radius 3 is 2.67 bits per heavy atom. The Kier molecular flexibility index (Phi) is 7.61. The van der Waals surface area contributed by atoms with E-state index in [2.05, 4.69) is 5.32 Å². The van der Waals surface area contributed by atoms with E-state index in [-0.39, 0.29) is 5.97 Å². The predicted molar refractivity (Wildman–Crippen MR) is 87.0 cm³/mol. The molecule has 0 radical (unpaired) electrons. The van der Waals surface area contributed by atoms with E-state index in [0.717, 1.165) is 22.9 Å². The minimum absolute atomic E-state index is 0.188. The summed E-state index contributed by atoms with van der Waals surface area (Å²) in [7, 11) is 1.67. The van der Waals surface area contributed by atoms with Crippen molar-refractivity contribution in [1.82, 2.24) is 5.32 Å². The number of thioether (sulfide) groups is 1. The van der Waals surface area contributed by atoms with Gasteiger partial charge in [-0.1, -0.05) is 19.1 Å². The highest BCUT2D eigenvalue weighted by atomic mass is 32.2. The molecule has 5 heteroatoms. The van der Waals surface area contributed by atoms with Gasteiger partial charge in [0.05, 0.1) is 13.7 Å². The molecule has 0 saturated carbocycles. The van der Waals surface area contributed by atoms with Gasteiger partial charge in [-0.3, -0.25) is 4.79 Å². The van der Waals surface area contributed by atoms with Crippen LogP contribution in [0.15, 0.2) is 29.2 Å². The summed E-state index contributed by atoms with van der Waals surface area (Å²) >= 11 is 1.69. The summed E-state index contributed by atoms with van der Waals surface area (Å²) in [6, 6.07) is 7.90. The van der Waals surface area contributed by atoms with Gasteiger partial charge in [-0.05, 0) is 38.9 Å². The summed E-state index contributed by atoms with van der Waals surface area (Å²) in [5.74, 6) is 1.49. The van der Waals surface area contributed by atoms with Crippen molar-refractivity contribution in [2.45, 2.75) is 37.6 Å². The molecule has 1 aromatic carbocycles. The lowest BCUT2D eigenvalue weighted by molar-refractivity contribution is -0.150. The number of para-hydroxylation sites is 1. The van der Waals surface area contributed by atoms with Gasteiger partial charge in [-0.15, -0.1) is 11.8 Å². The van der Waals surface area contributed by atoms with Gasteiger partial charge in [0.15, 0.2) is 0 Å². The fourth-order valence-corrected chi connectivity index (χ4v) is 3.24. The topological polar surface area (TPSA) is 47.6 Å². The Morgan fingerprint density at radius 2 is 2.05 bits per heavy atom. The van der Waals surface area contributed by atoms with Crippen LogP contribution < -0.4 is 10.1 Å². The molecule has 0 aliphatic rings. The monoisotopic (exact) mass is 311 g/mol. The van der Waals surface area contributed by atoms with Crippen LogP contribution in [0.5, 0.6) is 5.75 Å². The first kappa shape index (κ1) is 17.9. The zero-order valence-corrected chi connectivity index (χ0v) is 14.1. The van der Waals surface area contributed by atoms with E-state index in [1.54, 1.807) is 18.9 Å². The van der Waals surface area contributed by atoms with Gasteiger partial charge in [0.1, 0.15) is 11.3 Å². The number of nitrogens with one attached hydrogen (secondary N) is 1. The third-order valence-corrected chi connectivity index (χ3v) is 4.28. The molecule has 0 bridgehead atoms. The molecule has 0 aliphatic carbocycles. The van der Waals surface area contributed by atoms with Gasteiger partial charge in [-0.2, -0.15) is 0 Å². The molecule has 0 amide bonds. The van der Waals surface area contributed by atoms with E-state index in [4.69, 9.17) is 9.47 Å². The lowest BCUT2D eigenvalue weighted by Crippen LogP contribution is -2.50. The first-order chi connectivity index (χ1) is 10.1. The van der Waals surface area contributed by atoms with Crippen LogP contribution in [0, 0.1) is 0 Å². The van der Waals surface area contributed by atoms with Gasteiger partial charge in [0.2, 0.25) is 0 Å². The van der Waals surface area contributed by atoms with Crippen LogP contribution in [0.25, 0.3) is 0 Å². The fraction of sp³-hybridized carbons (Fsp3) is 0.562. The molecule has 0 fully saturated rings. The first-order valence-corrected chi connectivity index (χ1v) is 8.24. The van der Waals surface area contributed by atoms with Gasteiger partial charge in [0.25, 0.3) is 0 Å². The van der Waals surface area contributed by atoms with Crippen LogP contribution in [-0.2, 0) is 9.53 Å². The van der Waals surface area contributed by atoms with Crippen molar-refractivity contribution in [3.63, 3.8) is 0 Å². The lowest BCUT2D eigenvalue weighted by atomic mass is 9.99. The summed E-state index contributed by atoms with van der Waals surface area (Å²) in [6.45, 7) is 6.85. The van der Waals surface area contributed by atoms with Crippen LogP contribution in [0.2, 0.25) is 0 Å². The Morgan fingerprint density at radius 1 is 1.33 bits per heavy atom. The number of carbonyl (C=O) groups is 1. The van der Waals surface area contributed by atoms with Crippen LogP contribution in [0.4, 0.5) is 0 Å². The molecule has 1 unspecified atom stereocenters. The highest BCUT2D eigenvalue weighted by molar-refractivity contribution is 7.99. The van der Waals surface area contributed by atoms with Crippen molar-refractivity contribution in [2.24, 2.45) is 0 Å². The van der Waals surface area contributed by atoms with Crippen LogP contribution in [-0.4, -0.2) is 37.5 Å². The maximum absolute atomic E-state index is 12.1. The molecule has 0 saturated heterocycles. The molecule has 0 aliphatic heterocycles. The van der Waals surface area contributed by atoms with Crippen molar-refractivity contribution in [1.29, 1.82) is 0 Å². The zero-order chi connectivity index (χ0) is 15.7. The summed E-state index contributed by atoms with van der Waals surface area (Å²) in [6.07, 6.45) is 0.697. The molecule has 0 spiro atoms. The molecule has 21 heavy (non-hydrogen) atoms. The number of methoxy groups -OCH3 is 1. The van der Waals surface area contributed by atoms with E-state index >= 15 is 0 Å². The predicted octanol–water partition coefficient (Wildman–Crippen LogP) is 3.11. The summed E-state index contributed by atoms with van der Waals surface area (Å²) in [5, 5.41) is 3.24. The van der Waals surface area contributed by atoms with Crippen LogP contribution in [0.3, 0.4) is 0 Å². The molecular weight excluding hydrogens is 286 g/mol. The second-order valence-electron chi connectivity index (χ2n) is 4.83. The summed E-state index contributed by atoms with van der Waals surface area (Å²) in [4.78, 5) is 13.2. The molecule has 1 N–H and O–H groups in total. The molecule has 118 valence electrons. The lowest BCUT2D eigenvalue weighted by Gasteiger charge is -2.28. The molecule has 4 nitrogen and oxygen atoms in total. The van der Waals surface area contributed by atoms with Gasteiger partial charge in [0, 0.05) is 10.6 Å². The van der Waals surface area contributed by atoms with E-state index < -0.39 is 5.54 Å². The fourth-order valence-electron chi connectivity index (χ4n) is 2.05. The minimum Gasteiger partial charge on any atom is -0.496 e. The zero-order valence-electron chi connectivity index (χ0n) is 13.3. The van der Waals surface area contributed by atoms with Crippen molar-refractivity contribution in [3.8, 4) is 5.75 Å². The van der Waals surface area contributed by atoms with Gasteiger partial charge < -0.3 is 14.8 Å². The van der Waals surface area contributed by atoms with E-state index in [1.165, 1.54) is 0 Å². The Labute approximate surface area is 131 Å². The number of esters is 1. The third kappa shape index (κ3) is 5.25. The van der Waals surface area contributed by atoms with Crippen molar-refractivity contribution in [3.05, 3.63) is 24.3 Å². The van der Waals surface area contributed by atoms with Crippen molar-refractivity contribution in [2.75, 3.05) is 26.0 Å². The highest BCUT2D eigenvalue weighted by Crippen LogP contribution is 2.30. The number of hydrogen-bond donors (Lipinski definition) is 1. The number of rotatable bonds is 9. The van der Waals surface area contributed by atoms with Crippen LogP contribution in [0.1, 0.15) is 27.2 Å². The first-order valence-electron chi connectivity index (χ1n) is 7.25. The highest BCUT2D eigenvalue weighted by Gasteiger charge is 2.33. The maximum atomic E-state index is 12.1. The Bertz CT molecular complexity index is 453. The van der Waals surface area contributed by atoms with Gasteiger partial charge in [-0.25, -0.2) is 0 Å². The smallest absolute Gasteiger partial charge is 0.326 e. The normalized spacial score (nSPS) is 13.5. The standard InChI is InChI=1S/C16H25NO3S/c1-5-17-16(3,15(18)20-6-2)11-12-21-14-10-8-7-9-13(14)19-4/h7-10,17H,5-6,11-12H2,1-4H3. The van der Waals surface area contributed by atoms with Crippen LogP contribution >= 0.6 is 11.8 Å². The van der Waals surface area contributed by atoms with E-state index in [1.807, 2.05) is 45.0 Å². The SMILES string of the molecule is CCNC(C)(CCSc1ccccc1OC)C(=O)OCC. The van der Waals surface area contributed by atoms with Crippen molar-refractivity contribution < 1.29 is 14.3 Å². The molecule has 0 aromatic heterocycles. The number of benzene rings is 1. The molecule has 1 rings (SSSR count). The molecule has 1 atom stereocenters. The summed E-state index contributed by atoms with van der Waals surface area (Å²) in [5.41, 5.74) is -0.639. The minimum atomic E-state index is -0.639. The van der Waals surface area contributed by atoms with E-state index in [9.17, 15) is 4.79 Å². The summed E-state index contributed by atoms with van der Waals surface area (Å²) < 4.78 is 10.5. The average Bonchev–Trinajstić information content (AvgIpc) is 2.48.